The summed E-state index contributed by atoms with van der Waals surface area (Å²) in [5.41, 5.74) is 7.24. The number of carbonyl (C=O) groups is 1. The zero-order chi connectivity index (χ0) is 15.0. The molecule has 0 aliphatic carbocycles. The quantitative estimate of drug-likeness (QED) is 0.802. The summed E-state index contributed by atoms with van der Waals surface area (Å²) in [6.07, 6.45) is 0.715. The number of carbonyl (C=O) groups excluding carboxylic acids is 1. The molecule has 0 bridgehead atoms. The number of hydrogen-bond acceptors (Lipinski definition) is 3. The van der Waals surface area contributed by atoms with E-state index in [1.165, 1.54) is 5.56 Å². The normalized spacial score (nSPS) is 22.9. The van der Waals surface area contributed by atoms with Crippen LogP contribution in [0.1, 0.15) is 39.7 Å². The topological polar surface area (TPSA) is 55.6 Å². The Balaban J connectivity index is 2.07. The molecule has 1 aliphatic heterocycles. The highest BCUT2D eigenvalue weighted by Gasteiger charge is 2.38. The highest BCUT2D eigenvalue weighted by atomic mass is 16.6. The van der Waals surface area contributed by atoms with E-state index in [9.17, 15) is 4.79 Å². The second-order valence-electron chi connectivity index (χ2n) is 6.83. The lowest BCUT2D eigenvalue weighted by molar-refractivity contribution is 0.0285. The predicted molar refractivity (Wildman–Crippen MR) is 80.6 cm³/mol. The lowest BCUT2D eigenvalue weighted by atomic mass is 9.82. The third kappa shape index (κ3) is 3.24. The molecule has 0 aromatic heterocycles. The van der Waals surface area contributed by atoms with Gasteiger partial charge in [0.15, 0.2) is 0 Å². The molecule has 1 unspecified atom stereocenters. The van der Waals surface area contributed by atoms with Crippen LogP contribution in [0.4, 0.5) is 10.5 Å². The van der Waals surface area contributed by atoms with Gasteiger partial charge in [-0.3, -0.25) is 0 Å². The van der Waals surface area contributed by atoms with E-state index in [1.807, 2.05) is 45.0 Å². The average molecular weight is 276 g/mol. The minimum Gasteiger partial charge on any atom is -0.444 e. The Morgan fingerprint density at radius 3 is 2.45 bits per heavy atom. The molecule has 2 N–H and O–H groups in total. The summed E-state index contributed by atoms with van der Waals surface area (Å²) in [5, 5.41) is 0. The van der Waals surface area contributed by atoms with Gasteiger partial charge in [-0.1, -0.05) is 19.1 Å². The van der Waals surface area contributed by atoms with Crippen LogP contribution in [0.5, 0.6) is 0 Å². The van der Waals surface area contributed by atoms with Crippen molar-refractivity contribution >= 4 is 11.8 Å². The van der Waals surface area contributed by atoms with Crippen molar-refractivity contribution in [2.24, 2.45) is 0 Å². The van der Waals surface area contributed by atoms with Crippen molar-refractivity contribution in [3.05, 3.63) is 29.8 Å². The summed E-state index contributed by atoms with van der Waals surface area (Å²) in [5.74, 6) is 0. The molecule has 1 amide bonds. The number of amides is 1. The van der Waals surface area contributed by atoms with Crippen molar-refractivity contribution < 1.29 is 9.53 Å². The van der Waals surface area contributed by atoms with Crippen LogP contribution in [-0.2, 0) is 10.2 Å². The van der Waals surface area contributed by atoms with Gasteiger partial charge in [-0.2, -0.15) is 0 Å². The molecular formula is C16H24N2O2. The number of hydrogen-bond donors (Lipinski definition) is 1. The Kier molecular flexibility index (Phi) is 3.67. The molecule has 1 fully saturated rings. The highest BCUT2D eigenvalue weighted by molar-refractivity contribution is 5.69. The molecular weight excluding hydrogens is 252 g/mol. The molecule has 1 aromatic rings. The van der Waals surface area contributed by atoms with Crippen LogP contribution in [0.3, 0.4) is 0 Å². The fourth-order valence-corrected chi connectivity index (χ4v) is 2.56. The lowest BCUT2D eigenvalue weighted by Crippen LogP contribution is -2.37. The van der Waals surface area contributed by atoms with Gasteiger partial charge in [0.25, 0.3) is 0 Å². The first-order valence-electron chi connectivity index (χ1n) is 7.04. The molecule has 1 aromatic carbocycles. The van der Waals surface area contributed by atoms with E-state index in [1.54, 1.807) is 4.90 Å². The summed E-state index contributed by atoms with van der Waals surface area (Å²) < 4.78 is 5.44. The molecule has 1 heterocycles. The van der Waals surface area contributed by atoms with Gasteiger partial charge in [0.05, 0.1) is 0 Å². The van der Waals surface area contributed by atoms with Crippen molar-refractivity contribution in [2.45, 2.75) is 45.1 Å². The summed E-state index contributed by atoms with van der Waals surface area (Å²) in [6, 6.07) is 7.93. The van der Waals surface area contributed by atoms with Crippen LogP contribution < -0.4 is 5.73 Å². The maximum atomic E-state index is 12.1. The van der Waals surface area contributed by atoms with Crippen LogP contribution in [0.15, 0.2) is 24.3 Å². The van der Waals surface area contributed by atoms with Gasteiger partial charge in [-0.25, -0.2) is 4.79 Å². The number of benzene rings is 1. The van der Waals surface area contributed by atoms with E-state index < -0.39 is 5.60 Å². The molecule has 1 aliphatic rings. The van der Waals surface area contributed by atoms with Gasteiger partial charge < -0.3 is 15.4 Å². The SMILES string of the molecule is CC(C)(C)OC(=O)N1CCC(C)(c2ccc(N)cc2)C1. The first-order chi connectivity index (χ1) is 9.20. The summed E-state index contributed by atoms with van der Waals surface area (Å²) in [4.78, 5) is 13.9. The molecule has 0 spiro atoms. The zero-order valence-corrected chi connectivity index (χ0v) is 12.8. The second-order valence-corrected chi connectivity index (χ2v) is 6.83. The van der Waals surface area contributed by atoms with Gasteiger partial charge in [0.2, 0.25) is 0 Å². The molecule has 2 rings (SSSR count). The molecule has 20 heavy (non-hydrogen) atoms. The Hall–Kier alpha value is -1.71. The number of rotatable bonds is 1. The summed E-state index contributed by atoms with van der Waals surface area (Å²) in [6.45, 7) is 9.27. The standard InChI is InChI=1S/C16H24N2O2/c1-15(2,3)20-14(19)18-10-9-16(4,11-18)12-5-7-13(17)8-6-12/h5-8H,9-11,17H2,1-4H3. The van der Waals surface area contributed by atoms with E-state index >= 15 is 0 Å². The van der Waals surface area contributed by atoms with E-state index in [0.717, 1.165) is 18.7 Å². The number of anilines is 1. The van der Waals surface area contributed by atoms with E-state index in [-0.39, 0.29) is 11.5 Å². The van der Waals surface area contributed by atoms with Gasteiger partial charge in [-0.05, 0) is 44.9 Å². The highest BCUT2D eigenvalue weighted by Crippen LogP contribution is 2.35. The number of nitrogens with zero attached hydrogens (tertiary/aromatic N) is 1. The van der Waals surface area contributed by atoms with E-state index in [0.29, 0.717) is 6.54 Å². The third-order valence-electron chi connectivity index (χ3n) is 3.73. The Labute approximate surface area is 120 Å². The maximum absolute atomic E-state index is 12.1. The zero-order valence-electron chi connectivity index (χ0n) is 12.8. The largest absolute Gasteiger partial charge is 0.444 e. The lowest BCUT2D eigenvalue weighted by Gasteiger charge is -2.27. The minimum atomic E-state index is -0.447. The number of likely N-dealkylation sites (tertiary alicyclic amines) is 1. The second kappa shape index (κ2) is 5.00. The van der Waals surface area contributed by atoms with Gasteiger partial charge in [-0.15, -0.1) is 0 Å². The summed E-state index contributed by atoms with van der Waals surface area (Å²) >= 11 is 0. The first kappa shape index (κ1) is 14.7. The molecule has 1 atom stereocenters. The van der Waals surface area contributed by atoms with Gasteiger partial charge >= 0.3 is 6.09 Å². The minimum absolute atomic E-state index is 0.0232. The van der Waals surface area contributed by atoms with Gasteiger partial charge in [0, 0.05) is 24.2 Å². The van der Waals surface area contributed by atoms with Crippen molar-refractivity contribution in [3.63, 3.8) is 0 Å². The fraction of sp³-hybridized carbons (Fsp3) is 0.562. The van der Waals surface area contributed by atoms with Crippen LogP contribution in [0.2, 0.25) is 0 Å². The molecule has 0 saturated carbocycles. The predicted octanol–water partition coefficient (Wildman–Crippen LogP) is 3.17. The van der Waals surface area contributed by atoms with Crippen molar-refractivity contribution in [1.82, 2.24) is 4.90 Å². The Morgan fingerprint density at radius 1 is 1.30 bits per heavy atom. The van der Waals surface area contributed by atoms with E-state index in [2.05, 4.69) is 6.92 Å². The van der Waals surface area contributed by atoms with Crippen LogP contribution in [0.25, 0.3) is 0 Å². The van der Waals surface area contributed by atoms with Crippen LogP contribution in [-0.4, -0.2) is 29.7 Å². The fourth-order valence-electron chi connectivity index (χ4n) is 2.56. The Bertz CT molecular complexity index is 490. The van der Waals surface area contributed by atoms with Crippen molar-refractivity contribution in [2.75, 3.05) is 18.8 Å². The van der Waals surface area contributed by atoms with Crippen molar-refractivity contribution in [3.8, 4) is 0 Å². The van der Waals surface area contributed by atoms with Crippen LogP contribution >= 0.6 is 0 Å². The number of nitrogens with two attached hydrogens (primary N) is 1. The third-order valence-corrected chi connectivity index (χ3v) is 3.73. The maximum Gasteiger partial charge on any atom is 0.410 e. The first-order valence-corrected chi connectivity index (χ1v) is 7.04. The molecule has 4 nitrogen and oxygen atoms in total. The molecule has 4 heteroatoms. The van der Waals surface area contributed by atoms with Crippen LogP contribution in [0, 0.1) is 0 Å². The average Bonchev–Trinajstić information content (AvgIpc) is 2.72. The molecule has 0 radical (unpaired) electrons. The monoisotopic (exact) mass is 276 g/mol. The van der Waals surface area contributed by atoms with Crippen molar-refractivity contribution in [1.29, 1.82) is 0 Å². The number of nitrogen functional groups attached to an aromatic ring is 1. The molecule has 110 valence electrons. The number of ether oxygens (including phenoxy) is 1. The van der Waals surface area contributed by atoms with Gasteiger partial charge in [0.1, 0.15) is 5.60 Å². The molecule has 1 saturated heterocycles. The Morgan fingerprint density at radius 2 is 1.90 bits per heavy atom. The smallest absolute Gasteiger partial charge is 0.410 e. The summed E-state index contributed by atoms with van der Waals surface area (Å²) in [7, 11) is 0. The van der Waals surface area contributed by atoms with E-state index in [4.69, 9.17) is 10.5 Å².